The van der Waals surface area contributed by atoms with Crippen molar-refractivity contribution in [2.45, 2.75) is 102 Å². The lowest BCUT2D eigenvalue weighted by Crippen LogP contribution is -2.51. The van der Waals surface area contributed by atoms with Gasteiger partial charge in [-0.25, -0.2) is 19.6 Å². The van der Waals surface area contributed by atoms with Crippen LogP contribution in [0.4, 0.5) is 9.59 Å². The lowest BCUT2D eigenvalue weighted by Gasteiger charge is -2.30. The first-order chi connectivity index (χ1) is 34.9. The minimum atomic E-state index is -0.955. The van der Waals surface area contributed by atoms with Gasteiger partial charge >= 0.3 is 12.2 Å². The zero-order valence-corrected chi connectivity index (χ0v) is 41.6. The maximum Gasteiger partial charge on any atom is 0.407 e. The van der Waals surface area contributed by atoms with Crippen LogP contribution < -0.4 is 15.4 Å². The van der Waals surface area contributed by atoms with Crippen molar-refractivity contribution in [2.75, 3.05) is 34.5 Å². The summed E-state index contributed by atoms with van der Waals surface area (Å²) in [5.74, 6) is 3.08. The van der Waals surface area contributed by atoms with Gasteiger partial charge in [0.05, 0.1) is 55.8 Å². The van der Waals surface area contributed by atoms with E-state index in [4.69, 9.17) is 28.9 Å². The van der Waals surface area contributed by atoms with Crippen LogP contribution in [-0.2, 0) is 30.4 Å². The number of amides is 4. The number of ether oxygens (including phenoxy) is 4. The number of benzene rings is 4. The highest BCUT2D eigenvalue weighted by Crippen LogP contribution is 2.90. The molecule has 3 saturated heterocycles. The van der Waals surface area contributed by atoms with E-state index in [1.807, 2.05) is 48.0 Å². The number of likely N-dealkylation sites (tertiary alicyclic amines) is 1. The fourth-order valence-corrected chi connectivity index (χ4v) is 13.3. The van der Waals surface area contributed by atoms with Gasteiger partial charge in [-0.1, -0.05) is 82.5 Å². The van der Waals surface area contributed by atoms with E-state index in [1.54, 1.807) is 7.11 Å². The predicted molar refractivity (Wildman–Crippen MR) is 269 cm³/mol. The Morgan fingerprint density at radius 2 is 1.62 bits per heavy atom. The number of imidazole rings is 2. The number of H-pyrrole nitrogens is 2. The van der Waals surface area contributed by atoms with E-state index >= 15 is 0 Å². The summed E-state index contributed by atoms with van der Waals surface area (Å²) in [4.78, 5) is 75.1. The highest BCUT2D eigenvalue weighted by molar-refractivity contribution is 6.07. The predicted octanol–water partition coefficient (Wildman–Crippen LogP) is 9.25. The van der Waals surface area contributed by atoms with Crippen LogP contribution in [0.1, 0.15) is 112 Å². The first-order valence-corrected chi connectivity index (χ1v) is 25.6. The fraction of sp³-hybridized carbons (Fsp3) is 0.464. The molecule has 2 bridgehead atoms. The highest BCUT2D eigenvalue weighted by Gasteiger charge is 2.94. The van der Waals surface area contributed by atoms with Gasteiger partial charge in [0.25, 0.3) is 5.91 Å². The third kappa shape index (κ3) is 7.49. The van der Waals surface area contributed by atoms with Crippen molar-refractivity contribution < 1.29 is 38.1 Å². The van der Waals surface area contributed by atoms with E-state index in [0.29, 0.717) is 55.3 Å². The summed E-state index contributed by atoms with van der Waals surface area (Å²) in [7, 11) is 4.29. The number of carbonyl (C=O) groups is 4. The van der Waals surface area contributed by atoms with Gasteiger partial charge in [-0.15, -0.1) is 0 Å². The Morgan fingerprint density at radius 3 is 2.36 bits per heavy atom. The standard InChI is InChI=1S/C56H62N8O8/c1-28(2)45(61-54(67)70-5)53(66)64-48(43-44-49(64)56(43,44)3)51-57-24-40(59-51)34-16-18-36-35(21-34)27-72-42-23-37-33(22-38(36)42)17-19-39-47(37)60-50(58-39)41-20-29(26-69-4)25-63(41)52(65)46(62-55(68)71-6)32-14-12-31(13-15-32)30-10-8-7-9-11-30/h12-19,21-24,28-30,41,43-46,48-49H,7-11,20,25-27H2,1-6H3,(H,57,59)(H,58,60)(H,61,67)(H,62,68)/t29-,41-,43?,44+,45-,46+,48-,49-,56+/m0/s1. The van der Waals surface area contributed by atoms with Gasteiger partial charge in [0.2, 0.25) is 5.91 Å². The third-order valence-corrected chi connectivity index (χ3v) is 17.1. The number of rotatable bonds is 12. The quantitative estimate of drug-likeness (QED) is 0.0919. The maximum atomic E-state index is 14.8. The first kappa shape index (κ1) is 46.2. The Morgan fingerprint density at radius 1 is 0.861 bits per heavy atom. The zero-order chi connectivity index (χ0) is 49.7. The Labute approximate surface area is 417 Å². The second kappa shape index (κ2) is 17.7. The van der Waals surface area contributed by atoms with Gasteiger partial charge in [-0.05, 0) is 106 Å². The SMILES string of the molecule is COC[C@H]1C[C@@H](c2nc3c(ccc4cc5c(cc43)OCc3cc(-c4cnc([C@@H]6C7[C@@H]8[C@H](N6C(=O)[C@@H](NC(=O)OC)C(C)C)[C@]78C)[nH]4)ccc3-5)[nH]2)N(C(=O)[C@H](NC(=O)OC)c2ccc(C3CCCCC3)cc2)C1. The van der Waals surface area contributed by atoms with Crippen molar-refractivity contribution in [3.8, 4) is 28.1 Å². The molecule has 16 nitrogen and oxygen atoms in total. The van der Waals surface area contributed by atoms with Crippen LogP contribution in [0.5, 0.6) is 5.75 Å². The van der Waals surface area contributed by atoms with Crippen LogP contribution in [-0.4, -0.2) is 100 Å². The fourth-order valence-electron chi connectivity index (χ4n) is 13.3. The number of carbonyl (C=O) groups excluding carboxylic acids is 4. The summed E-state index contributed by atoms with van der Waals surface area (Å²) in [6.07, 6.45) is 7.25. The number of nitrogens with one attached hydrogen (secondary N) is 4. The number of hydrogen-bond acceptors (Lipinski definition) is 10. The largest absolute Gasteiger partial charge is 0.488 e. The molecule has 16 heteroatoms. The van der Waals surface area contributed by atoms with Crippen molar-refractivity contribution in [2.24, 2.45) is 29.1 Å². The summed E-state index contributed by atoms with van der Waals surface area (Å²) in [5, 5.41) is 7.56. The second-order valence-corrected chi connectivity index (χ2v) is 21.5. The van der Waals surface area contributed by atoms with Gasteiger partial charge in [0.15, 0.2) is 0 Å². The van der Waals surface area contributed by atoms with E-state index in [9.17, 15) is 19.2 Å². The third-order valence-electron chi connectivity index (χ3n) is 17.1. The summed E-state index contributed by atoms with van der Waals surface area (Å²) in [5.41, 5.74) is 8.62. The molecule has 4 amide bonds. The van der Waals surface area contributed by atoms with Crippen molar-refractivity contribution in [3.05, 3.63) is 101 Å². The number of fused-ring (bicyclic) bond motifs is 7. The Bertz CT molecular complexity index is 3140. The molecule has 6 aromatic rings. The number of nitrogens with zero attached hydrogens (tertiary/aromatic N) is 4. The number of methoxy groups -OCH3 is 3. The van der Waals surface area contributed by atoms with Crippen molar-refractivity contribution >= 4 is 45.8 Å². The minimum Gasteiger partial charge on any atom is -0.488 e. The molecule has 13 rings (SSSR count). The van der Waals surface area contributed by atoms with Crippen LogP contribution in [0.2, 0.25) is 0 Å². The maximum absolute atomic E-state index is 14.8. The molecule has 4 N–H and O–H groups in total. The number of piperidine rings is 1. The number of alkyl carbamates (subject to hydrolysis) is 2. The summed E-state index contributed by atoms with van der Waals surface area (Å²) >= 11 is 0. The van der Waals surface area contributed by atoms with Crippen LogP contribution >= 0.6 is 0 Å². The van der Waals surface area contributed by atoms with E-state index in [0.717, 1.165) is 61.3 Å². The Kier molecular flexibility index (Phi) is 11.3. The van der Waals surface area contributed by atoms with E-state index < -0.39 is 30.3 Å². The smallest absolute Gasteiger partial charge is 0.407 e. The van der Waals surface area contributed by atoms with Gasteiger partial charge in [-0.3, -0.25) is 9.59 Å². The Hall–Kier alpha value is -6.94. The molecule has 6 heterocycles. The normalized spacial score (nSPS) is 25.6. The summed E-state index contributed by atoms with van der Waals surface area (Å²) < 4.78 is 22.0. The molecule has 4 aliphatic heterocycles. The number of hydrogen-bond donors (Lipinski definition) is 4. The van der Waals surface area contributed by atoms with Gasteiger partial charge in [0, 0.05) is 36.6 Å². The van der Waals surface area contributed by atoms with Crippen molar-refractivity contribution in [1.82, 2.24) is 40.4 Å². The molecule has 4 aromatic carbocycles. The molecule has 7 aliphatic rings. The monoisotopic (exact) mass is 974 g/mol. The zero-order valence-electron chi connectivity index (χ0n) is 41.6. The van der Waals surface area contributed by atoms with Gasteiger partial charge < -0.3 is 49.3 Å². The highest BCUT2D eigenvalue weighted by atomic mass is 16.5. The molecule has 374 valence electrons. The summed E-state index contributed by atoms with van der Waals surface area (Å²) in [6.45, 7) is 7.39. The van der Waals surface area contributed by atoms with E-state index in [2.05, 4.69) is 76.1 Å². The van der Waals surface area contributed by atoms with E-state index in [1.165, 1.54) is 51.9 Å². The van der Waals surface area contributed by atoms with Crippen LogP contribution in [0, 0.1) is 29.1 Å². The molecule has 1 unspecified atom stereocenters. The van der Waals surface area contributed by atoms with Crippen molar-refractivity contribution in [1.29, 1.82) is 0 Å². The molecular formula is C56H62N8O8. The van der Waals surface area contributed by atoms with Gasteiger partial charge in [-0.2, -0.15) is 0 Å². The molecular weight excluding hydrogens is 913 g/mol. The number of aromatic amines is 2. The average molecular weight is 975 g/mol. The molecule has 3 saturated carbocycles. The first-order valence-electron chi connectivity index (χ1n) is 25.6. The van der Waals surface area contributed by atoms with Crippen LogP contribution in [0.15, 0.2) is 72.9 Å². The Balaban J connectivity index is 0.806. The number of aromatic nitrogens is 4. The molecule has 72 heavy (non-hydrogen) atoms. The minimum absolute atomic E-state index is 0.0573. The summed E-state index contributed by atoms with van der Waals surface area (Å²) in [6, 6.07) is 20.8. The topological polar surface area (TPSA) is 193 Å². The molecule has 2 aromatic heterocycles. The van der Waals surface area contributed by atoms with Crippen LogP contribution in [0.25, 0.3) is 44.2 Å². The molecule has 0 spiro atoms. The molecule has 3 aliphatic carbocycles. The second-order valence-electron chi connectivity index (χ2n) is 21.5. The van der Waals surface area contributed by atoms with Crippen molar-refractivity contribution in [3.63, 3.8) is 0 Å². The molecule has 6 fully saturated rings. The van der Waals surface area contributed by atoms with E-state index in [-0.39, 0.29) is 41.1 Å². The lowest BCUT2D eigenvalue weighted by atomic mass is 9.83. The average Bonchev–Trinajstić information content (AvgIpc) is 3.87. The van der Waals surface area contributed by atoms with Crippen LogP contribution in [0.3, 0.4) is 0 Å². The molecule has 0 radical (unpaired) electrons. The lowest BCUT2D eigenvalue weighted by molar-refractivity contribution is -0.136. The van der Waals surface area contributed by atoms with Gasteiger partial charge in [0.1, 0.15) is 36.1 Å². The molecule has 9 atom stereocenters.